The highest BCUT2D eigenvalue weighted by molar-refractivity contribution is 6.30. The molecule has 0 radical (unpaired) electrons. The van der Waals surface area contributed by atoms with Gasteiger partial charge in [-0.25, -0.2) is 4.98 Å². The molecular weight excluding hydrogens is 226 g/mol. The van der Waals surface area contributed by atoms with Crippen LogP contribution in [0, 0.1) is 0 Å². The number of nitrogens with one attached hydrogen (secondary N) is 1. The van der Waals surface area contributed by atoms with E-state index in [1.54, 1.807) is 12.3 Å². The second-order valence-electron chi connectivity index (χ2n) is 3.93. The van der Waals surface area contributed by atoms with E-state index in [1.807, 2.05) is 13.0 Å². The molecule has 0 aliphatic heterocycles. The molecule has 1 saturated carbocycles. The number of halogens is 1. The van der Waals surface area contributed by atoms with Crippen molar-refractivity contribution in [1.29, 1.82) is 0 Å². The van der Waals surface area contributed by atoms with E-state index >= 15 is 0 Å². The summed E-state index contributed by atoms with van der Waals surface area (Å²) in [6.45, 7) is 2.70. The van der Waals surface area contributed by atoms with Gasteiger partial charge in [0.05, 0.1) is 17.2 Å². The van der Waals surface area contributed by atoms with Gasteiger partial charge in [-0.3, -0.25) is 0 Å². The van der Waals surface area contributed by atoms with Crippen LogP contribution in [0.2, 0.25) is 5.02 Å². The van der Waals surface area contributed by atoms with Crippen molar-refractivity contribution in [3.05, 3.63) is 23.4 Å². The van der Waals surface area contributed by atoms with E-state index in [0.717, 1.165) is 12.2 Å². The number of hydrogen-bond donors (Lipinski definition) is 2. The first-order valence-corrected chi connectivity index (χ1v) is 5.83. The molecule has 1 fully saturated rings. The fourth-order valence-electron chi connectivity index (χ4n) is 1.86. The number of rotatable bonds is 4. The Morgan fingerprint density at radius 1 is 1.62 bits per heavy atom. The molecule has 0 spiro atoms. The lowest BCUT2D eigenvalue weighted by molar-refractivity contribution is -0.0127. The largest absolute Gasteiger partial charge is 0.376 e. The monoisotopic (exact) mass is 241 g/mol. The Bertz CT molecular complexity index is 342. The summed E-state index contributed by atoms with van der Waals surface area (Å²) in [7, 11) is 0. The molecular formula is C11H16ClN3O. The number of pyridine rings is 1. The Morgan fingerprint density at radius 3 is 3.00 bits per heavy atom. The van der Waals surface area contributed by atoms with Gasteiger partial charge in [-0.2, -0.15) is 0 Å². The maximum atomic E-state index is 5.92. The fraction of sp³-hybridized carbons (Fsp3) is 0.545. The molecule has 0 amide bonds. The normalized spacial score (nSPS) is 28.6. The maximum Gasteiger partial charge on any atom is 0.126 e. The van der Waals surface area contributed by atoms with Crippen LogP contribution in [-0.4, -0.2) is 29.8 Å². The minimum atomic E-state index is 0.133. The van der Waals surface area contributed by atoms with Crippen LogP contribution < -0.4 is 11.1 Å². The third-order valence-electron chi connectivity index (χ3n) is 2.79. The van der Waals surface area contributed by atoms with Gasteiger partial charge >= 0.3 is 0 Å². The molecule has 0 saturated heterocycles. The van der Waals surface area contributed by atoms with Crippen LogP contribution in [0.4, 0.5) is 5.82 Å². The first kappa shape index (κ1) is 11.6. The molecule has 1 aromatic rings. The standard InChI is InChI=1S/C11H16ClN3O/c1-2-16-9-5-8(13)11(9)15-10-4-3-7(12)6-14-10/h3-4,6,8-9,11H,2,5,13H2,1H3,(H,14,15). The topological polar surface area (TPSA) is 60.2 Å². The van der Waals surface area contributed by atoms with Crippen LogP contribution in [0.3, 0.4) is 0 Å². The molecule has 3 N–H and O–H groups in total. The van der Waals surface area contributed by atoms with E-state index in [4.69, 9.17) is 22.1 Å². The summed E-state index contributed by atoms with van der Waals surface area (Å²) >= 11 is 5.76. The molecule has 5 heteroatoms. The summed E-state index contributed by atoms with van der Waals surface area (Å²) in [5, 5.41) is 3.90. The molecule has 4 nitrogen and oxygen atoms in total. The van der Waals surface area contributed by atoms with Gasteiger partial charge in [0.15, 0.2) is 0 Å². The maximum absolute atomic E-state index is 5.92. The number of nitrogens with two attached hydrogens (primary N) is 1. The molecule has 1 aromatic heterocycles. The van der Waals surface area contributed by atoms with Gasteiger partial charge in [0, 0.05) is 18.8 Å². The zero-order valence-electron chi connectivity index (χ0n) is 9.19. The average molecular weight is 242 g/mol. The smallest absolute Gasteiger partial charge is 0.126 e. The number of aromatic nitrogens is 1. The molecule has 88 valence electrons. The van der Waals surface area contributed by atoms with Crippen LogP contribution in [0.25, 0.3) is 0 Å². The molecule has 16 heavy (non-hydrogen) atoms. The van der Waals surface area contributed by atoms with Crippen molar-refractivity contribution >= 4 is 17.4 Å². The minimum absolute atomic E-state index is 0.133. The lowest BCUT2D eigenvalue weighted by Crippen LogP contribution is -2.60. The number of ether oxygens (including phenoxy) is 1. The molecule has 1 aliphatic carbocycles. The average Bonchev–Trinajstić information content (AvgIpc) is 2.28. The van der Waals surface area contributed by atoms with Gasteiger partial charge in [-0.1, -0.05) is 11.6 Å². The molecule has 3 atom stereocenters. The van der Waals surface area contributed by atoms with E-state index in [1.165, 1.54) is 0 Å². The van der Waals surface area contributed by atoms with Crippen LogP contribution in [0.15, 0.2) is 18.3 Å². The summed E-state index contributed by atoms with van der Waals surface area (Å²) in [6, 6.07) is 3.93. The zero-order valence-corrected chi connectivity index (χ0v) is 9.95. The lowest BCUT2D eigenvalue weighted by atomic mass is 9.83. The highest BCUT2D eigenvalue weighted by Crippen LogP contribution is 2.25. The van der Waals surface area contributed by atoms with E-state index in [2.05, 4.69) is 10.3 Å². The Balaban J connectivity index is 1.95. The fourth-order valence-corrected chi connectivity index (χ4v) is 1.97. The van der Waals surface area contributed by atoms with Crippen molar-refractivity contribution in [3.63, 3.8) is 0 Å². The second kappa shape index (κ2) is 4.99. The van der Waals surface area contributed by atoms with Crippen LogP contribution in [0.5, 0.6) is 0 Å². The molecule has 0 bridgehead atoms. The number of anilines is 1. The SMILES string of the molecule is CCOC1CC(N)C1Nc1ccc(Cl)cn1. The van der Waals surface area contributed by atoms with E-state index in [9.17, 15) is 0 Å². The summed E-state index contributed by atoms with van der Waals surface area (Å²) < 4.78 is 5.56. The molecule has 2 rings (SSSR count). The summed E-state index contributed by atoms with van der Waals surface area (Å²) in [4.78, 5) is 4.17. The van der Waals surface area contributed by atoms with Crippen molar-refractivity contribution in [2.45, 2.75) is 31.5 Å². The van der Waals surface area contributed by atoms with Gasteiger partial charge in [0.1, 0.15) is 5.82 Å². The third-order valence-corrected chi connectivity index (χ3v) is 3.01. The van der Waals surface area contributed by atoms with Gasteiger partial charge in [-0.15, -0.1) is 0 Å². The summed E-state index contributed by atoms with van der Waals surface area (Å²) in [5.74, 6) is 0.786. The second-order valence-corrected chi connectivity index (χ2v) is 4.36. The van der Waals surface area contributed by atoms with Crippen LogP contribution in [-0.2, 0) is 4.74 Å². The van der Waals surface area contributed by atoms with Crippen molar-refractivity contribution in [3.8, 4) is 0 Å². The number of nitrogens with zero attached hydrogens (tertiary/aromatic N) is 1. The molecule has 0 aromatic carbocycles. The van der Waals surface area contributed by atoms with Crippen molar-refractivity contribution in [2.75, 3.05) is 11.9 Å². The highest BCUT2D eigenvalue weighted by Gasteiger charge is 2.39. The summed E-state index contributed by atoms with van der Waals surface area (Å²) in [6.07, 6.45) is 2.71. The van der Waals surface area contributed by atoms with Crippen LogP contribution >= 0.6 is 11.6 Å². The Morgan fingerprint density at radius 2 is 2.44 bits per heavy atom. The van der Waals surface area contributed by atoms with Gasteiger partial charge in [-0.05, 0) is 25.5 Å². The van der Waals surface area contributed by atoms with E-state index < -0.39 is 0 Å². The van der Waals surface area contributed by atoms with E-state index in [0.29, 0.717) is 11.6 Å². The summed E-state index contributed by atoms with van der Waals surface area (Å²) in [5.41, 5.74) is 5.92. The van der Waals surface area contributed by atoms with Gasteiger partial charge in [0.25, 0.3) is 0 Å². The third kappa shape index (κ3) is 2.45. The Kier molecular flexibility index (Phi) is 3.63. The van der Waals surface area contributed by atoms with E-state index in [-0.39, 0.29) is 18.2 Å². The van der Waals surface area contributed by atoms with Crippen LogP contribution in [0.1, 0.15) is 13.3 Å². The zero-order chi connectivity index (χ0) is 11.5. The molecule has 1 heterocycles. The number of hydrogen-bond acceptors (Lipinski definition) is 4. The Hall–Kier alpha value is -0.840. The molecule has 3 unspecified atom stereocenters. The lowest BCUT2D eigenvalue weighted by Gasteiger charge is -2.42. The highest BCUT2D eigenvalue weighted by atomic mass is 35.5. The Labute approximate surface area is 100 Å². The first-order chi connectivity index (χ1) is 7.70. The van der Waals surface area contributed by atoms with Crippen molar-refractivity contribution in [2.24, 2.45) is 5.73 Å². The molecule has 1 aliphatic rings. The quantitative estimate of drug-likeness (QED) is 0.842. The predicted octanol–water partition coefficient (Wildman–Crippen LogP) is 1.65. The van der Waals surface area contributed by atoms with Gasteiger partial charge < -0.3 is 15.8 Å². The van der Waals surface area contributed by atoms with Gasteiger partial charge in [0.2, 0.25) is 0 Å². The van der Waals surface area contributed by atoms with Crippen molar-refractivity contribution < 1.29 is 4.74 Å². The minimum Gasteiger partial charge on any atom is -0.376 e. The first-order valence-electron chi connectivity index (χ1n) is 5.46. The van der Waals surface area contributed by atoms with Crippen molar-refractivity contribution in [1.82, 2.24) is 4.98 Å². The predicted molar refractivity (Wildman–Crippen MR) is 64.7 cm³/mol.